The lowest BCUT2D eigenvalue weighted by Gasteiger charge is -2.48. The van der Waals surface area contributed by atoms with Gasteiger partial charge in [0.2, 0.25) is 0 Å². The molecule has 4 nitrogen and oxygen atoms in total. The lowest BCUT2D eigenvalue weighted by atomic mass is 9.61. The van der Waals surface area contributed by atoms with Crippen molar-refractivity contribution in [2.75, 3.05) is 0 Å². The Morgan fingerprint density at radius 3 is 2.71 bits per heavy atom. The maximum atomic E-state index is 6.90. The summed E-state index contributed by atoms with van der Waals surface area (Å²) in [5.74, 6) is 2.18. The maximum Gasteiger partial charge on any atom is 0.138 e. The van der Waals surface area contributed by atoms with Crippen LogP contribution in [0.5, 0.6) is 0 Å². The van der Waals surface area contributed by atoms with Gasteiger partial charge in [-0.25, -0.2) is 9.67 Å². The Bertz CT molecular complexity index is 458. The quantitative estimate of drug-likeness (QED) is 0.925. The number of nitrogens with zero attached hydrogens (tertiary/aromatic N) is 3. The van der Waals surface area contributed by atoms with Crippen LogP contribution in [0.15, 0.2) is 6.33 Å². The van der Waals surface area contributed by atoms with E-state index in [0.717, 1.165) is 25.2 Å². The van der Waals surface area contributed by atoms with Gasteiger partial charge in [-0.05, 0) is 30.1 Å². The first-order valence-corrected chi connectivity index (χ1v) is 8.38. The van der Waals surface area contributed by atoms with Gasteiger partial charge in [0.1, 0.15) is 12.2 Å². The molecule has 0 saturated heterocycles. The number of aromatic nitrogens is 3. The largest absolute Gasteiger partial charge is 0.324 e. The van der Waals surface area contributed by atoms with Crippen molar-refractivity contribution in [3.05, 3.63) is 12.2 Å². The summed E-state index contributed by atoms with van der Waals surface area (Å²) >= 11 is 0. The molecule has 1 aromatic rings. The van der Waals surface area contributed by atoms with Crippen LogP contribution >= 0.6 is 0 Å². The number of hydrogen-bond acceptors (Lipinski definition) is 3. The minimum absolute atomic E-state index is 0.141. The molecule has 21 heavy (non-hydrogen) atoms. The molecule has 1 saturated carbocycles. The molecule has 0 aromatic carbocycles. The van der Waals surface area contributed by atoms with Gasteiger partial charge in [-0.2, -0.15) is 5.10 Å². The van der Waals surface area contributed by atoms with Crippen LogP contribution in [0, 0.1) is 17.3 Å². The van der Waals surface area contributed by atoms with Crippen LogP contribution in [-0.4, -0.2) is 20.3 Å². The summed E-state index contributed by atoms with van der Waals surface area (Å²) in [5, 5.41) is 4.39. The monoisotopic (exact) mass is 292 g/mol. The first-order chi connectivity index (χ1) is 9.72. The van der Waals surface area contributed by atoms with E-state index >= 15 is 0 Å². The molecular weight excluding hydrogens is 260 g/mol. The van der Waals surface area contributed by atoms with Gasteiger partial charge in [0.25, 0.3) is 0 Å². The van der Waals surface area contributed by atoms with Gasteiger partial charge in [-0.15, -0.1) is 0 Å². The zero-order valence-corrected chi connectivity index (χ0v) is 14.4. The van der Waals surface area contributed by atoms with E-state index in [0.29, 0.717) is 11.8 Å². The molecule has 0 bridgehead atoms. The molecule has 2 rings (SSSR count). The van der Waals surface area contributed by atoms with Crippen molar-refractivity contribution in [2.45, 2.75) is 78.8 Å². The number of nitrogens with two attached hydrogens (primary N) is 1. The van der Waals surface area contributed by atoms with Crippen LogP contribution < -0.4 is 5.73 Å². The van der Waals surface area contributed by atoms with Crippen molar-refractivity contribution in [1.82, 2.24) is 14.8 Å². The third-order valence-corrected chi connectivity index (χ3v) is 4.85. The zero-order valence-electron chi connectivity index (χ0n) is 14.4. The van der Waals surface area contributed by atoms with Crippen molar-refractivity contribution in [3.63, 3.8) is 0 Å². The van der Waals surface area contributed by atoms with Gasteiger partial charge < -0.3 is 5.73 Å². The fraction of sp³-hybridized carbons (Fsp3) is 0.882. The Labute approximate surface area is 129 Å². The average molecular weight is 292 g/mol. The topological polar surface area (TPSA) is 56.7 Å². The fourth-order valence-corrected chi connectivity index (χ4v) is 3.99. The summed E-state index contributed by atoms with van der Waals surface area (Å²) in [7, 11) is 0. The Morgan fingerprint density at radius 1 is 1.38 bits per heavy atom. The van der Waals surface area contributed by atoms with E-state index in [1.54, 1.807) is 6.33 Å². The number of rotatable bonds is 4. The molecule has 1 heterocycles. The highest BCUT2D eigenvalue weighted by Crippen LogP contribution is 2.44. The zero-order chi connectivity index (χ0) is 15.7. The molecule has 2 unspecified atom stereocenters. The van der Waals surface area contributed by atoms with Crippen molar-refractivity contribution in [1.29, 1.82) is 0 Å². The highest BCUT2D eigenvalue weighted by Gasteiger charge is 2.44. The highest BCUT2D eigenvalue weighted by molar-refractivity contribution is 5.05. The van der Waals surface area contributed by atoms with Crippen molar-refractivity contribution < 1.29 is 0 Å². The summed E-state index contributed by atoms with van der Waals surface area (Å²) in [6.07, 6.45) is 7.40. The molecular formula is C17H32N4. The van der Waals surface area contributed by atoms with Crippen molar-refractivity contribution in [2.24, 2.45) is 23.0 Å². The molecule has 1 aliphatic rings. The van der Waals surface area contributed by atoms with E-state index in [-0.39, 0.29) is 11.0 Å². The first-order valence-electron chi connectivity index (χ1n) is 8.38. The molecule has 0 spiro atoms. The molecule has 120 valence electrons. The van der Waals surface area contributed by atoms with Gasteiger partial charge in [0, 0.05) is 18.5 Å². The van der Waals surface area contributed by atoms with Crippen LogP contribution in [0.2, 0.25) is 0 Å². The molecule has 1 fully saturated rings. The maximum absolute atomic E-state index is 6.90. The summed E-state index contributed by atoms with van der Waals surface area (Å²) in [6.45, 7) is 12.3. The molecule has 1 aromatic heterocycles. The molecule has 1 aliphatic carbocycles. The van der Waals surface area contributed by atoms with Gasteiger partial charge in [-0.3, -0.25) is 0 Å². The first kappa shape index (κ1) is 16.5. The van der Waals surface area contributed by atoms with Gasteiger partial charge in [0.05, 0.1) is 0 Å². The van der Waals surface area contributed by atoms with Crippen LogP contribution in [0.3, 0.4) is 0 Å². The second-order valence-electron chi connectivity index (χ2n) is 8.33. The van der Waals surface area contributed by atoms with E-state index in [9.17, 15) is 0 Å². The Kier molecular flexibility index (Phi) is 4.76. The number of hydrogen-bond donors (Lipinski definition) is 1. The predicted octanol–water partition coefficient (Wildman–Crippen LogP) is 3.41. The predicted molar refractivity (Wildman–Crippen MR) is 86.9 cm³/mol. The molecule has 0 amide bonds. The Morgan fingerprint density at radius 2 is 2.10 bits per heavy atom. The van der Waals surface area contributed by atoms with Crippen molar-refractivity contribution in [3.8, 4) is 0 Å². The molecule has 4 heteroatoms. The third-order valence-electron chi connectivity index (χ3n) is 4.85. The van der Waals surface area contributed by atoms with E-state index in [1.165, 1.54) is 19.3 Å². The lowest BCUT2D eigenvalue weighted by Crippen LogP contribution is -2.55. The van der Waals surface area contributed by atoms with E-state index in [1.807, 2.05) is 4.68 Å². The van der Waals surface area contributed by atoms with Crippen LogP contribution in [0.1, 0.15) is 66.1 Å². The van der Waals surface area contributed by atoms with Gasteiger partial charge in [0.15, 0.2) is 0 Å². The summed E-state index contributed by atoms with van der Waals surface area (Å²) in [5.41, 5.74) is 7.01. The standard InChI is InChI=1S/C17H32N4/c1-13(2)11-21-15(19-12-20-21)10-17(18)9-7-6-8-14(17)16(3,4)5/h12-14H,6-11,18H2,1-5H3. The Hall–Kier alpha value is -0.900. The summed E-state index contributed by atoms with van der Waals surface area (Å²) in [6, 6.07) is 0. The third kappa shape index (κ3) is 3.85. The molecule has 0 radical (unpaired) electrons. The SMILES string of the molecule is CC(C)Cn1ncnc1CC1(N)CCCCC1C(C)(C)C. The summed E-state index contributed by atoms with van der Waals surface area (Å²) in [4.78, 5) is 4.50. The smallest absolute Gasteiger partial charge is 0.138 e. The fourth-order valence-electron chi connectivity index (χ4n) is 3.99. The van der Waals surface area contributed by atoms with Gasteiger partial charge >= 0.3 is 0 Å². The van der Waals surface area contributed by atoms with E-state index in [4.69, 9.17) is 5.73 Å². The van der Waals surface area contributed by atoms with Crippen LogP contribution in [-0.2, 0) is 13.0 Å². The van der Waals surface area contributed by atoms with E-state index < -0.39 is 0 Å². The minimum atomic E-state index is -0.141. The molecule has 0 aliphatic heterocycles. The van der Waals surface area contributed by atoms with Crippen LogP contribution in [0.25, 0.3) is 0 Å². The van der Waals surface area contributed by atoms with Crippen LogP contribution in [0.4, 0.5) is 0 Å². The molecule has 2 N–H and O–H groups in total. The lowest BCUT2D eigenvalue weighted by molar-refractivity contribution is 0.0769. The van der Waals surface area contributed by atoms with Gasteiger partial charge in [-0.1, -0.05) is 47.5 Å². The second-order valence-corrected chi connectivity index (χ2v) is 8.33. The molecule has 2 atom stereocenters. The summed E-state index contributed by atoms with van der Waals surface area (Å²) < 4.78 is 2.05. The Balaban J connectivity index is 2.21. The average Bonchev–Trinajstić information content (AvgIpc) is 2.74. The minimum Gasteiger partial charge on any atom is -0.324 e. The highest BCUT2D eigenvalue weighted by atomic mass is 15.3. The van der Waals surface area contributed by atoms with E-state index in [2.05, 4.69) is 44.7 Å². The van der Waals surface area contributed by atoms with Crippen molar-refractivity contribution >= 4 is 0 Å². The normalized spacial score (nSPS) is 27.3. The second kappa shape index (κ2) is 6.07.